The first-order valence-electron chi connectivity index (χ1n) is 13.1. The fraction of sp³-hybridized carbons (Fsp3) is 0.310. The Labute approximate surface area is 250 Å². The first kappa shape index (κ1) is 32.4. The van der Waals surface area contributed by atoms with Gasteiger partial charge in [0.05, 0.1) is 22.6 Å². The van der Waals surface area contributed by atoms with Gasteiger partial charge in [-0.05, 0) is 68.3 Å². The molecule has 11 nitrogen and oxygen atoms in total. The monoisotopic (exact) mass is 616 g/mol. The minimum Gasteiger partial charge on any atom is -0.497 e. The number of sulfonamides is 1. The number of carbonyl (C=O) groups excluding carboxylic acids is 2. The molecule has 0 fully saturated rings. The normalized spacial score (nSPS) is 11.8. The molecule has 3 aromatic rings. The Morgan fingerprint density at radius 1 is 1.07 bits per heavy atom. The smallest absolute Gasteiger partial charge is 0.273 e. The van der Waals surface area contributed by atoms with Gasteiger partial charge in [0.25, 0.3) is 15.7 Å². The lowest BCUT2D eigenvalue weighted by Gasteiger charge is -2.32. The number of hydrogen-bond acceptors (Lipinski definition) is 7. The molecular weight excluding hydrogens is 584 g/mol. The van der Waals surface area contributed by atoms with E-state index in [4.69, 9.17) is 16.3 Å². The summed E-state index contributed by atoms with van der Waals surface area (Å²) in [7, 11) is -3.03. The number of halogens is 1. The Morgan fingerprint density at radius 3 is 2.29 bits per heavy atom. The van der Waals surface area contributed by atoms with E-state index in [0.717, 1.165) is 10.4 Å². The van der Waals surface area contributed by atoms with Gasteiger partial charge in [-0.2, -0.15) is 0 Å². The van der Waals surface area contributed by atoms with E-state index in [1.807, 2.05) is 6.92 Å². The lowest BCUT2D eigenvalue weighted by Crippen LogP contribution is -2.51. The van der Waals surface area contributed by atoms with Gasteiger partial charge in [0.1, 0.15) is 18.3 Å². The first-order chi connectivity index (χ1) is 19.9. The summed E-state index contributed by atoms with van der Waals surface area (Å²) in [4.78, 5) is 38.7. The average molecular weight is 617 g/mol. The summed E-state index contributed by atoms with van der Waals surface area (Å²) in [5.41, 5.74) is 0.715. The molecule has 0 aliphatic rings. The van der Waals surface area contributed by atoms with Gasteiger partial charge >= 0.3 is 0 Å². The maximum absolute atomic E-state index is 14.0. The molecule has 3 aromatic carbocycles. The lowest BCUT2D eigenvalue weighted by molar-refractivity contribution is -0.385. The third kappa shape index (κ3) is 7.77. The number of nitro groups is 1. The Morgan fingerprint density at radius 2 is 1.71 bits per heavy atom. The Hall–Kier alpha value is -4.16. The van der Waals surface area contributed by atoms with E-state index in [-0.39, 0.29) is 28.4 Å². The quantitative estimate of drug-likeness (QED) is 0.217. The molecule has 0 radical (unpaired) electrons. The SMILES string of the molecule is CCCNC(=O)C(C)N(Cc1ccc(Cl)cc1)C(=O)CN(c1ccc(OC)cc1)S(=O)(=O)c1ccc(C)c([N+](=O)[O-])c1. The van der Waals surface area contributed by atoms with Crippen molar-refractivity contribution in [1.82, 2.24) is 10.2 Å². The molecule has 1 atom stereocenters. The minimum absolute atomic E-state index is 0.00319. The highest BCUT2D eigenvalue weighted by molar-refractivity contribution is 7.92. The largest absolute Gasteiger partial charge is 0.497 e. The van der Waals surface area contributed by atoms with Crippen LogP contribution in [0.4, 0.5) is 11.4 Å². The number of carbonyl (C=O) groups is 2. The Balaban J connectivity index is 2.08. The number of ether oxygens (including phenoxy) is 1. The molecular formula is C29H33ClN4O7S. The van der Waals surface area contributed by atoms with Crippen molar-refractivity contribution in [2.45, 2.75) is 44.7 Å². The van der Waals surface area contributed by atoms with Gasteiger partial charge in [-0.15, -0.1) is 0 Å². The molecule has 3 rings (SSSR count). The average Bonchev–Trinajstić information content (AvgIpc) is 2.97. The van der Waals surface area contributed by atoms with Crippen LogP contribution in [0.2, 0.25) is 5.02 Å². The van der Waals surface area contributed by atoms with Crippen LogP contribution in [0, 0.1) is 17.0 Å². The van der Waals surface area contributed by atoms with Crippen molar-refractivity contribution >= 4 is 44.8 Å². The predicted octanol–water partition coefficient (Wildman–Crippen LogP) is 4.70. The number of benzene rings is 3. The maximum Gasteiger partial charge on any atom is 0.273 e. The van der Waals surface area contributed by atoms with Gasteiger partial charge in [-0.1, -0.05) is 36.7 Å². The van der Waals surface area contributed by atoms with Crippen molar-refractivity contribution in [2.75, 3.05) is 24.5 Å². The Bertz CT molecular complexity index is 1530. The number of anilines is 1. The number of rotatable bonds is 13. The van der Waals surface area contributed by atoms with Crippen LogP contribution in [-0.2, 0) is 26.2 Å². The predicted molar refractivity (Wildman–Crippen MR) is 160 cm³/mol. The summed E-state index contributed by atoms with van der Waals surface area (Å²) >= 11 is 6.02. The summed E-state index contributed by atoms with van der Waals surface area (Å²) < 4.78 is 34.0. The molecule has 0 aliphatic carbocycles. The fourth-order valence-electron chi connectivity index (χ4n) is 4.12. The van der Waals surface area contributed by atoms with Crippen molar-refractivity contribution in [3.05, 3.63) is 93.0 Å². The Kier molecular flexibility index (Phi) is 10.9. The van der Waals surface area contributed by atoms with Gasteiger partial charge in [-0.3, -0.25) is 24.0 Å². The van der Waals surface area contributed by atoms with Crippen LogP contribution in [0.25, 0.3) is 0 Å². The second kappa shape index (κ2) is 14.1. The van der Waals surface area contributed by atoms with Gasteiger partial charge in [-0.25, -0.2) is 8.42 Å². The highest BCUT2D eigenvalue weighted by Crippen LogP contribution is 2.29. The van der Waals surface area contributed by atoms with Gasteiger partial charge in [0.2, 0.25) is 11.8 Å². The molecule has 2 amide bonds. The molecule has 0 saturated carbocycles. The second-order valence-electron chi connectivity index (χ2n) is 9.53. The maximum atomic E-state index is 14.0. The zero-order valence-corrected chi connectivity index (χ0v) is 25.3. The summed E-state index contributed by atoms with van der Waals surface area (Å²) in [5.74, 6) is -0.601. The third-order valence-electron chi connectivity index (χ3n) is 6.59. The van der Waals surface area contributed by atoms with Gasteiger partial charge in [0.15, 0.2) is 0 Å². The number of amides is 2. The highest BCUT2D eigenvalue weighted by atomic mass is 35.5. The van der Waals surface area contributed by atoms with Crippen LogP contribution in [0.3, 0.4) is 0 Å². The summed E-state index contributed by atoms with van der Waals surface area (Å²) in [6.07, 6.45) is 0.690. The number of nitrogens with zero attached hydrogens (tertiary/aromatic N) is 3. The molecule has 1 N–H and O–H groups in total. The fourth-order valence-corrected chi connectivity index (χ4v) is 5.68. The number of nitrogens with one attached hydrogen (secondary N) is 1. The molecule has 0 aliphatic heterocycles. The standard InChI is InChI=1S/C29H33ClN4O7S/c1-5-16-31-29(36)21(3)32(18-22-7-9-23(30)10-8-22)28(35)19-33(24-11-13-25(41-4)14-12-24)42(39,40)26-15-6-20(2)27(17-26)34(37)38/h6-15,17,21H,5,16,18-19H2,1-4H3,(H,31,36). The van der Waals surface area contributed by atoms with Crippen molar-refractivity contribution in [3.8, 4) is 5.75 Å². The van der Waals surface area contributed by atoms with E-state index < -0.39 is 39.3 Å². The van der Waals surface area contributed by atoms with E-state index >= 15 is 0 Å². The molecule has 0 spiro atoms. The molecule has 0 heterocycles. The topological polar surface area (TPSA) is 139 Å². The molecule has 0 bridgehead atoms. The number of aryl methyl sites for hydroxylation is 1. The molecule has 0 aromatic heterocycles. The summed E-state index contributed by atoms with van der Waals surface area (Å²) in [6.45, 7) is 4.69. The van der Waals surface area contributed by atoms with Crippen LogP contribution >= 0.6 is 11.6 Å². The number of hydrogen-bond donors (Lipinski definition) is 1. The van der Waals surface area contributed by atoms with E-state index in [9.17, 15) is 28.1 Å². The second-order valence-corrected chi connectivity index (χ2v) is 11.8. The van der Waals surface area contributed by atoms with E-state index in [1.165, 1.54) is 55.3 Å². The molecule has 13 heteroatoms. The molecule has 42 heavy (non-hydrogen) atoms. The third-order valence-corrected chi connectivity index (χ3v) is 8.61. The first-order valence-corrected chi connectivity index (χ1v) is 14.9. The van der Waals surface area contributed by atoms with Crippen LogP contribution in [0.5, 0.6) is 5.75 Å². The molecule has 224 valence electrons. The van der Waals surface area contributed by atoms with E-state index in [1.54, 1.807) is 31.2 Å². The number of nitro benzene ring substituents is 1. The lowest BCUT2D eigenvalue weighted by atomic mass is 10.1. The van der Waals surface area contributed by atoms with Crippen LogP contribution in [-0.4, -0.2) is 56.3 Å². The number of methoxy groups -OCH3 is 1. The summed E-state index contributed by atoms with van der Waals surface area (Å²) in [6, 6.07) is 15.3. The summed E-state index contributed by atoms with van der Waals surface area (Å²) in [5, 5.41) is 14.8. The molecule has 0 saturated heterocycles. The van der Waals surface area contributed by atoms with Crippen molar-refractivity contribution in [2.24, 2.45) is 0 Å². The minimum atomic E-state index is -4.49. The van der Waals surface area contributed by atoms with Gasteiger partial charge in [0, 0.05) is 29.7 Å². The molecule has 1 unspecified atom stereocenters. The van der Waals surface area contributed by atoms with E-state index in [2.05, 4.69) is 5.32 Å². The van der Waals surface area contributed by atoms with Crippen molar-refractivity contribution < 1.29 is 27.7 Å². The van der Waals surface area contributed by atoms with E-state index in [0.29, 0.717) is 29.3 Å². The van der Waals surface area contributed by atoms with Crippen LogP contribution < -0.4 is 14.4 Å². The van der Waals surface area contributed by atoms with Gasteiger partial charge < -0.3 is 15.0 Å². The van der Waals surface area contributed by atoms with Crippen molar-refractivity contribution in [3.63, 3.8) is 0 Å². The van der Waals surface area contributed by atoms with Crippen LogP contribution in [0.15, 0.2) is 71.6 Å². The zero-order chi connectivity index (χ0) is 31.0. The van der Waals surface area contributed by atoms with Crippen molar-refractivity contribution in [1.29, 1.82) is 0 Å². The highest BCUT2D eigenvalue weighted by Gasteiger charge is 2.33. The van der Waals surface area contributed by atoms with Crippen LogP contribution in [0.1, 0.15) is 31.4 Å². The zero-order valence-electron chi connectivity index (χ0n) is 23.7.